The molecule has 2 rings (SSSR count). The Morgan fingerprint density at radius 1 is 1.17 bits per heavy atom. The summed E-state index contributed by atoms with van der Waals surface area (Å²) in [6.07, 6.45) is -1.12. The minimum Gasteiger partial charge on any atom is -0.465 e. The average Bonchev–Trinajstić information content (AvgIpc) is 2.30. The van der Waals surface area contributed by atoms with Gasteiger partial charge in [0.25, 0.3) is 0 Å². The van der Waals surface area contributed by atoms with E-state index < -0.39 is 6.09 Å². The SMILES string of the molecule is Cc1cc(F)ccc1-c1ccccc1NC(=O)O. The van der Waals surface area contributed by atoms with E-state index in [4.69, 9.17) is 5.11 Å². The van der Waals surface area contributed by atoms with Crippen LogP contribution in [-0.4, -0.2) is 11.2 Å². The first-order chi connectivity index (χ1) is 8.58. The molecule has 0 aliphatic rings. The van der Waals surface area contributed by atoms with Gasteiger partial charge in [-0.15, -0.1) is 0 Å². The molecule has 0 heterocycles. The van der Waals surface area contributed by atoms with Gasteiger partial charge in [0.2, 0.25) is 0 Å². The van der Waals surface area contributed by atoms with Gasteiger partial charge in [-0.1, -0.05) is 24.3 Å². The van der Waals surface area contributed by atoms with Crippen molar-refractivity contribution in [3.05, 3.63) is 53.8 Å². The second-order valence-electron chi connectivity index (χ2n) is 3.93. The molecular weight excluding hydrogens is 233 g/mol. The number of amides is 1. The van der Waals surface area contributed by atoms with Crippen LogP contribution in [0.1, 0.15) is 5.56 Å². The van der Waals surface area contributed by atoms with Crippen LogP contribution in [0.3, 0.4) is 0 Å². The normalized spacial score (nSPS) is 10.1. The largest absolute Gasteiger partial charge is 0.465 e. The Morgan fingerprint density at radius 2 is 1.89 bits per heavy atom. The first-order valence-corrected chi connectivity index (χ1v) is 5.43. The van der Waals surface area contributed by atoms with Gasteiger partial charge in [0.1, 0.15) is 5.82 Å². The predicted octanol–water partition coefficient (Wildman–Crippen LogP) is 3.89. The molecule has 0 aliphatic heterocycles. The molecule has 0 unspecified atom stereocenters. The van der Waals surface area contributed by atoms with E-state index in [1.54, 1.807) is 31.2 Å². The number of anilines is 1. The first kappa shape index (κ1) is 12.1. The highest BCUT2D eigenvalue weighted by atomic mass is 19.1. The molecule has 92 valence electrons. The van der Waals surface area contributed by atoms with Crippen molar-refractivity contribution in [2.75, 3.05) is 5.32 Å². The van der Waals surface area contributed by atoms with E-state index >= 15 is 0 Å². The molecule has 0 radical (unpaired) electrons. The lowest BCUT2D eigenvalue weighted by Gasteiger charge is -2.11. The van der Waals surface area contributed by atoms with Gasteiger partial charge < -0.3 is 5.11 Å². The Hall–Kier alpha value is -2.36. The molecule has 0 atom stereocenters. The van der Waals surface area contributed by atoms with Crippen LogP contribution in [0, 0.1) is 12.7 Å². The third-order valence-electron chi connectivity index (χ3n) is 2.65. The van der Waals surface area contributed by atoms with Gasteiger partial charge in [0, 0.05) is 5.56 Å². The van der Waals surface area contributed by atoms with Gasteiger partial charge in [-0.05, 0) is 36.2 Å². The van der Waals surface area contributed by atoms with Crippen molar-refractivity contribution >= 4 is 11.8 Å². The summed E-state index contributed by atoms with van der Waals surface area (Å²) in [4.78, 5) is 10.7. The molecule has 3 nitrogen and oxygen atoms in total. The van der Waals surface area contributed by atoms with Crippen LogP contribution in [0.15, 0.2) is 42.5 Å². The van der Waals surface area contributed by atoms with Crippen LogP contribution in [0.2, 0.25) is 0 Å². The Bertz CT molecular complexity index is 596. The number of para-hydroxylation sites is 1. The van der Waals surface area contributed by atoms with Gasteiger partial charge in [-0.3, -0.25) is 5.32 Å². The molecule has 0 bridgehead atoms. The lowest BCUT2D eigenvalue weighted by molar-refractivity contribution is 0.210. The number of benzene rings is 2. The zero-order valence-corrected chi connectivity index (χ0v) is 9.77. The van der Waals surface area contributed by atoms with Crippen molar-refractivity contribution in [3.63, 3.8) is 0 Å². The quantitative estimate of drug-likeness (QED) is 0.843. The summed E-state index contributed by atoms with van der Waals surface area (Å²) < 4.78 is 13.1. The summed E-state index contributed by atoms with van der Waals surface area (Å²) in [6, 6.07) is 11.5. The molecule has 2 aromatic carbocycles. The highest BCUT2D eigenvalue weighted by molar-refractivity contribution is 5.91. The minimum atomic E-state index is -1.12. The Balaban J connectivity index is 2.53. The molecule has 0 aliphatic carbocycles. The number of carbonyl (C=O) groups is 1. The lowest BCUT2D eigenvalue weighted by atomic mass is 9.99. The predicted molar refractivity (Wildman–Crippen MR) is 68.2 cm³/mol. The van der Waals surface area contributed by atoms with Crippen molar-refractivity contribution in [2.45, 2.75) is 6.92 Å². The van der Waals surface area contributed by atoms with Crippen molar-refractivity contribution in [1.82, 2.24) is 0 Å². The van der Waals surface area contributed by atoms with Crippen LogP contribution in [0.5, 0.6) is 0 Å². The second-order valence-corrected chi connectivity index (χ2v) is 3.93. The Morgan fingerprint density at radius 3 is 2.56 bits per heavy atom. The van der Waals surface area contributed by atoms with Gasteiger partial charge in [0.15, 0.2) is 0 Å². The van der Waals surface area contributed by atoms with Crippen molar-refractivity contribution in [2.24, 2.45) is 0 Å². The number of nitrogens with one attached hydrogen (secondary N) is 1. The van der Waals surface area contributed by atoms with Crippen LogP contribution in [0.4, 0.5) is 14.9 Å². The van der Waals surface area contributed by atoms with Crippen LogP contribution in [0.25, 0.3) is 11.1 Å². The van der Waals surface area contributed by atoms with Crippen LogP contribution < -0.4 is 5.32 Å². The highest BCUT2D eigenvalue weighted by Gasteiger charge is 2.09. The molecule has 0 saturated heterocycles. The topological polar surface area (TPSA) is 49.3 Å². The molecule has 0 spiro atoms. The number of aryl methyl sites for hydroxylation is 1. The summed E-state index contributed by atoms with van der Waals surface area (Å²) in [6.45, 7) is 1.79. The fraction of sp³-hybridized carbons (Fsp3) is 0.0714. The fourth-order valence-electron chi connectivity index (χ4n) is 1.87. The van der Waals surface area contributed by atoms with E-state index in [-0.39, 0.29) is 5.82 Å². The third-order valence-corrected chi connectivity index (χ3v) is 2.65. The van der Waals surface area contributed by atoms with E-state index in [9.17, 15) is 9.18 Å². The highest BCUT2D eigenvalue weighted by Crippen LogP contribution is 2.30. The molecule has 18 heavy (non-hydrogen) atoms. The maximum absolute atomic E-state index is 13.1. The van der Waals surface area contributed by atoms with Crippen LogP contribution >= 0.6 is 0 Å². The van der Waals surface area contributed by atoms with Crippen molar-refractivity contribution < 1.29 is 14.3 Å². The number of rotatable bonds is 2. The molecule has 2 aromatic rings. The maximum atomic E-state index is 13.1. The summed E-state index contributed by atoms with van der Waals surface area (Å²) in [5, 5.41) is 11.1. The fourth-order valence-corrected chi connectivity index (χ4v) is 1.87. The van der Waals surface area contributed by atoms with Gasteiger partial charge in [-0.25, -0.2) is 9.18 Å². The number of hydrogen-bond donors (Lipinski definition) is 2. The summed E-state index contributed by atoms with van der Waals surface area (Å²) in [5.74, 6) is -0.306. The molecule has 0 saturated carbocycles. The zero-order chi connectivity index (χ0) is 13.1. The minimum absolute atomic E-state index is 0.306. The van der Waals surface area contributed by atoms with Crippen LogP contribution in [-0.2, 0) is 0 Å². The summed E-state index contributed by atoms with van der Waals surface area (Å²) in [5.41, 5.74) is 2.78. The molecule has 0 fully saturated rings. The maximum Gasteiger partial charge on any atom is 0.409 e. The van der Waals surface area contributed by atoms with E-state index in [1.165, 1.54) is 12.1 Å². The third kappa shape index (κ3) is 2.48. The standard InChI is InChI=1S/C14H12FNO2/c1-9-8-10(15)6-7-11(9)12-4-2-3-5-13(12)16-14(17)18/h2-8,16H,1H3,(H,17,18). The molecule has 0 aromatic heterocycles. The van der Waals surface area contributed by atoms with Gasteiger partial charge in [-0.2, -0.15) is 0 Å². The number of carboxylic acid groups (broad SMARTS) is 1. The lowest BCUT2D eigenvalue weighted by Crippen LogP contribution is -2.08. The first-order valence-electron chi connectivity index (χ1n) is 5.43. The van der Waals surface area contributed by atoms with E-state index in [0.717, 1.165) is 16.7 Å². The molecule has 2 N–H and O–H groups in total. The number of hydrogen-bond acceptors (Lipinski definition) is 1. The monoisotopic (exact) mass is 245 g/mol. The van der Waals surface area contributed by atoms with E-state index in [1.807, 2.05) is 6.07 Å². The molecule has 1 amide bonds. The average molecular weight is 245 g/mol. The number of halogens is 1. The molecule has 4 heteroatoms. The summed E-state index contributed by atoms with van der Waals surface area (Å²) >= 11 is 0. The summed E-state index contributed by atoms with van der Waals surface area (Å²) in [7, 11) is 0. The van der Waals surface area contributed by atoms with Crippen molar-refractivity contribution in [1.29, 1.82) is 0 Å². The Labute approximate surface area is 104 Å². The van der Waals surface area contributed by atoms with E-state index in [0.29, 0.717) is 5.69 Å². The van der Waals surface area contributed by atoms with E-state index in [2.05, 4.69) is 5.32 Å². The zero-order valence-electron chi connectivity index (χ0n) is 9.77. The van der Waals surface area contributed by atoms with Gasteiger partial charge in [0.05, 0.1) is 5.69 Å². The van der Waals surface area contributed by atoms with Gasteiger partial charge >= 0.3 is 6.09 Å². The van der Waals surface area contributed by atoms with Crippen molar-refractivity contribution in [3.8, 4) is 11.1 Å². The smallest absolute Gasteiger partial charge is 0.409 e. The Kier molecular flexibility index (Phi) is 3.28. The molecular formula is C14H12FNO2. The second kappa shape index (κ2) is 4.87.